The second-order valence-corrected chi connectivity index (χ2v) is 10.1. The third-order valence-electron chi connectivity index (χ3n) is 7.68. The van der Waals surface area contributed by atoms with E-state index in [1.165, 1.54) is 16.5 Å². The first-order chi connectivity index (χ1) is 19.8. The van der Waals surface area contributed by atoms with Crippen molar-refractivity contribution in [1.29, 1.82) is 0 Å². The molecule has 0 spiro atoms. The fourth-order valence-corrected chi connectivity index (χ4v) is 5.79. The molecule has 3 nitrogen and oxygen atoms in total. The first kappa shape index (κ1) is 22.6. The van der Waals surface area contributed by atoms with E-state index in [1.54, 1.807) is 0 Å². The number of nitrogens with zero attached hydrogens (tertiary/aromatic N) is 3. The van der Waals surface area contributed by atoms with Crippen LogP contribution < -0.4 is 0 Å². The Balaban J connectivity index is 1.47. The van der Waals surface area contributed by atoms with Gasteiger partial charge in [-0.3, -0.25) is 4.98 Å². The van der Waals surface area contributed by atoms with Crippen molar-refractivity contribution < 1.29 is 0 Å². The van der Waals surface area contributed by atoms with Crippen molar-refractivity contribution in [2.24, 2.45) is 0 Å². The van der Waals surface area contributed by atoms with Crippen LogP contribution in [-0.4, -0.2) is 15.0 Å². The van der Waals surface area contributed by atoms with Crippen LogP contribution in [0.5, 0.6) is 0 Å². The van der Waals surface area contributed by atoms with E-state index in [0.29, 0.717) is 0 Å². The minimum atomic E-state index is 0.913. The van der Waals surface area contributed by atoms with Crippen LogP contribution in [0, 0.1) is 0 Å². The zero-order chi connectivity index (χ0) is 26.5. The maximum atomic E-state index is 5.24. The molecule has 186 valence electrons. The number of benzene rings is 5. The van der Waals surface area contributed by atoms with Gasteiger partial charge < -0.3 is 0 Å². The SMILES string of the molecule is c1ccc(-c2cc(-c3ccccc3)c3c(cc(-c4ccc5ccc6cccnc6c5n4)c4ccccc43)n2)cc1. The number of aromatic nitrogens is 3. The summed E-state index contributed by atoms with van der Waals surface area (Å²) in [6.07, 6.45) is 1.84. The van der Waals surface area contributed by atoms with Crippen molar-refractivity contribution in [1.82, 2.24) is 15.0 Å². The van der Waals surface area contributed by atoms with E-state index in [4.69, 9.17) is 9.97 Å². The Labute approximate surface area is 231 Å². The number of fused-ring (bicyclic) bond motifs is 6. The molecular formula is C37H23N3. The fourth-order valence-electron chi connectivity index (χ4n) is 5.79. The molecule has 40 heavy (non-hydrogen) atoms. The van der Waals surface area contributed by atoms with Crippen molar-refractivity contribution >= 4 is 43.5 Å². The van der Waals surface area contributed by atoms with Gasteiger partial charge >= 0.3 is 0 Å². The molecule has 0 aliphatic carbocycles. The van der Waals surface area contributed by atoms with E-state index >= 15 is 0 Å². The van der Waals surface area contributed by atoms with Gasteiger partial charge in [0.15, 0.2) is 0 Å². The highest BCUT2D eigenvalue weighted by Gasteiger charge is 2.17. The summed E-state index contributed by atoms with van der Waals surface area (Å²) in [7, 11) is 0. The molecule has 5 aromatic carbocycles. The van der Waals surface area contributed by atoms with Gasteiger partial charge in [0, 0.05) is 33.5 Å². The molecule has 0 saturated carbocycles. The molecule has 0 aliphatic rings. The maximum Gasteiger partial charge on any atom is 0.0972 e. The summed E-state index contributed by atoms with van der Waals surface area (Å²) in [5, 5.41) is 5.64. The zero-order valence-electron chi connectivity index (χ0n) is 21.6. The van der Waals surface area contributed by atoms with Crippen LogP contribution in [0.4, 0.5) is 0 Å². The van der Waals surface area contributed by atoms with Gasteiger partial charge in [0.25, 0.3) is 0 Å². The smallest absolute Gasteiger partial charge is 0.0972 e. The topological polar surface area (TPSA) is 38.7 Å². The fraction of sp³-hybridized carbons (Fsp3) is 0. The minimum Gasteiger partial charge on any atom is -0.254 e. The Kier molecular flexibility index (Phi) is 5.14. The number of pyridine rings is 3. The molecule has 0 unspecified atom stereocenters. The molecule has 8 aromatic rings. The standard InChI is InChI=1S/C37H23N3/c1-3-10-24(11-4-1)30-22-33(25-12-5-2-6-13-25)39-34-23-31(28-15-7-8-16-29(28)35(30)34)32-20-19-27-18-17-26-14-9-21-38-36(26)37(27)40-32/h1-23H. The second-order valence-electron chi connectivity index (χ2n) is 10.1. The van der Waals surface area contributed by atoms with Crippen LogP contribution in [0.25, 0.3) is 77.1 Å². The lowest BCUT2D eigenvalue weighted by Crippen LogP contribution is -1.94. The van der Waals surface area contributed by atoms with E-state index in [-0.39, 0.29) is 0 Å². The molecule has 3 heterocycles. The van der Waals surface area contributed by atoms with E-state index in [0.717, 1.165) is 60.6 Å². The average molecular weight is 510 g/mol. The van der Waals surface area contributed by atoms with Crippen molar-refractivity contribution in [3.63, 3.8) is 0 Å². The highest BCUT2D eigenvalue weighted by atomic mass is 14.8. The molecule has 0 saturated heterocycles. The molecule has 0 radical (unpaired) electrons. The van der Waals surface area contributed by atoms with Crippen LogP contribution in [-0.2, 0) is 0 Å². The molecule has 0 amide bonds. The molecule has 8 rings (SSSR count). The van der Waals surface area contributed by atoms with Crippen LogP contribution in [0.15, 0.2) is 140 Å². The van der Waals surface area contributed by atoms with Crippen molar-refractivity contribution in [2.45, 2.75) is 0 Å². The van der Waals surface area contributed by atoms with Crippen LogP contribution in [0.1, 0.15) is 0 Å². The number of hydrogen-bond acceptors (Lipinski definition) is 3. The maximum absolute atomic E-state index is 5.24. The third-order valence-corrected chi connectivity index (χ3v) is 7.68. The summed E-state index contributed by atoms with van der Waals surface area (Å²) in [5.74, 6) is 0. The summed E-state index contributed by atoms with van der Waals surface area (Å²) in [5.41, 5.74) is 9.16. The predicted molar refractivity (Wildman–Crippen MR) is 166 cm³/mol. The van der Waals surface area contributed by atoms with E-state index in [2.05, 4.69) is 126 Å². The minimum absolute atomic E-state index is 0.913. The normalized spacial score (nSPS) is 11.5. The lowest BCUT2D eigenvalue weighted by molar-refractivity contribution is 1.37. The lowest BCUT2D eigenvalue weighted by Gasteiger charge is -2.16. The Bertz CT molecular complexity index is 2200. The molecular weight excluding hydrogens is 486 g/mol. The molecule has 0 atom stereocenters. The second kappa shape index (κ2) is 9.11. The molecule has 0 aliphatic heterocycles. The van der Waals surface area contributed by atoms with E-state index in [1.807, 2.05) is 18.3 Å². The molecule has 3 aromatic heterocycles. The Morgan fingerprint density at radius 1 is 0.425 bits per heavy atom. The quantitative estimate of drug-likeness (QED) is 0.223. The van der Waals surface area contributed by atoms with Gasteiger partial charge in [0.2, 0.25) is 0 Å². The largest absolute Gasteiger partial charge is 0.254 e. The van der Waals surface area contributed by atoms with Gasteiger partial charge in [-0.15, -0.1) is 0 Å². The summed E-state index contributed by atoms with van der Waals surface area (Å²) >= 11 is 0. The number of rotatable bonds is 3. The first-order valence-electron chi connectivity index (χ1n) is 13.5. The van der Waals surface area contributed by atoms with Crippen molar-refractivity contribution in [3.05, 3.63) is 140 Å². The van der Waals surface area contributed by atoms with Crippen LogP contribution in [0.2, 0.25) is 0 Å². The monoisotopic (exact) mass is 509 g/mol. The number of hydrogen-bond donors (Lipinski definition) is 0. The van der Waals surface area contributed by atoms with E-state index < -0.39 is 0 Å². The first-order valence-corrected chi connectivity index (χ1v) is 13.5. The van der Waals surface area contributed by atoms with Crippen LogP contribution in [0.3, 0.4) is 0 Å². The average Bonchev–Trinajstić information content (AvgIpc) is 3.04. The molecule has 0 N–H and O–H groups in total. The van der Waals surface area contributed by atoms with Gasteiger partial charge in [-0.2, -0.15) is 0 Å². The molecule has 0 fully saturated rings. The Morgan fingerprint density at radius 3 is 1.90 bits per heavy atom. The lowest BCUT2D eigenvalue weighted by atomic mass is 9.91. The highest BCUT2D eigenvalue weighted by molar-refractivity contribution is 6.18. The zero-order valence-corrected chi connectivity index (χ0v) is 21.6. The van der Waals surface area contributed by atoms with Crippen molar-refractivity contribution in [3.8, 4) is 33.6 Å². The van der Waals surface area contributed by atoms with Gasteiger partial charge in [-0.25, -0.2) is 9.97 Å². The Hall–Kier alpha value is -5.41. The summed E-state index contributed by atoms with van der Waals surface area (Å²) < 4.78 is 0. The van der Waals surface area contributed by atoms with Gasteiger partial charge in [-0.05, 0) is 46.2 Å². The van der Waals surface area contributed by atoms with Crippen molar-refractivity contribution in [2.75, 3.05) is 0 Å². The predicted octanol–water partition coefficient (Wildman–Crippen LogP) is 9.49. The third kappa shape index (κ3) is 3.63. The highest BCUT2D eigenvalue weighted by Crippen LogP contribution is 2.40. The Morgan fingerprint density at radius 2 is 1.10 bits per heavy atom. The van der Waals surface area contributed by atoms with Gasteiger partial charge in [0.05, 0.1) is 27.9 Å². The van der Waals surface area contributed by atoms with Gasteiger partial charge in [0.1, 0.15) is 0 Å². The summed E-state index contributed by atoms with van der Waals surface area (Å²) in [6.45, 7) is 0. The van der Waals surface area contributed by atoms with E-state index in [9.17, 15) is 0 Å². The molecule has 3 heteroatoms. The molecule has 0 bridgehead atoms. The summed E-state index contributed by atoms with van der Waals surface area (Å²) in [4.78, 5) is 15.1. The summed E-state index contributed by atoms with van der Waals surface area (Å²) in [6, 6.07) is 46.6. The van der Waals surface area contributed by atoms with Gasteiger partial charge in [-0.1, -0.05) is 109 Å². The van der Waals surface area contributed by atoms with Crippen LogP contribution >= 0.6 is 0 Å².